The van der Waals surface area contributed by atoms with Crippen LogP contribution in [-0.4, -0.2) is 54.6 Å². The molecular formula is C19H21N3O5S2. The van der Waals surface area contributed by atoms with Gasteiger partial charge in [-0.25, -0.2) is 8.42 Å². The number of hydrogen-bond donors (Lipinski definition) is 0. The summed E-state index contributed by atoms with van der Waals surface area (Å²) in [6.45, 7) is 0.931. The zero-order valence-corrected chi connectivity index (χ0v) is 17.4. The van der Waals surface area contributed by atoms with Crippen LogP contribution < -0.4 is 0 Å². The van der Waals surface area contributed by atoms with Crippen LogP contribution in [0.3, 0.4) is 0 Å². The quantitative estimate of drug-likeness (QED) is 0.543. The molecule has 0 unspecified atom stereocenters. The van der Waals surface area contributed by atoms with Crippen LogP contribution in [0.1, 0.15) is 33.6 Å². The fourth-order valence-electron chi connectivity index (χ4n) is 3.85. The van der Waals surface area contributed by atoms with Gasteiger partial charge in [-0.05, 0) is 55.0 Å². The van der Waals surface area contributed by atoms with E-state index in [0.717, 1.165) is 42.6 Å². The highest BCUT2D eigenvalue weighted by Gasteiger charge is 2.31. The maximum Gasteiger partial charge on any atom is 0.324 e. The molecule has 154 valence electrons. The highest BCUT2D eigenvalue weighted by Crippen LogP contribution is 2.28. The van der Waals surface area contributed by atoms with Crippen LogP contribution in [0.4, 0.5) is 5.00 Å². The minimum atomic E-state index is -3.61. The number of rotatable bonds is 4. The van der Waals surface area contributed by atoms with E-state index >= 15 is 0 Å². The Morgan fingerprint density at radius 3 is 2.34 bits per heavy atom. The Bertz CT molecular complexity index is 1060. The summed E-state index contributed by atoms with van der Waals surface area (Å²) < 4.78 is 27.5. The lowest BCUT2D eigenvalue weighted by Crippen LogP contribution is -2.50. The lowest BCUT2D eigenvalue weighted by atomic mass is 9.92. The van der Waals surface area contributed by atoms with E-state index in [1.165, 1.54) is 22.0 Å². The van der Waals surface area contributed by atoms with Gasteiger partial charge in [-0.3, -0.25) is 14.9 Å². The lowest BCUT2D eigenvalue weighted by molar-refractivity contribution is -0.380. The Morgan fingerprint density at radius 2 is 1.69 bits per heavy atom. The molecule has 1 aliphatic carbocycles. The molecule has 8 nitrogen and oxygen atoms in total. The second kappa shape index (κ2) is 7.85. The minimum absolute atomic E-state index is 0.0815. The van der Waals surface area contributed by atoms with Crippen molar-refractivity contribution in [3.05, 3.63) is 56.5 Å². The first-order valence-corrected chi connectivity index (χ1v) is 11.8. The van der Waals surface area contributed by atoms with Gasteiger partial charge in [0.1, 0.15) is 0 Å². The third kappa shape index (κ3) is 3.92. The second-order valence-corrected chi connectivity index (χ2v) is 10.2. The third-order valence-corrected chi connectivity index (χ3v) is 8.39. The van der Waals surface area contributed by atoms with E-state index in [9.17, 15) is 23.3 Å². The van der Waals surface area contributed by atoms with Gasteiger partial charge in [-0.1, -0.05) is 17.4 Å². The Balaban J connectivity index is 1.44. The Kier molecular flexibility index (Phi) is 5.41. The predicted octanol–water partition coefficient (Wildman–Crippen LogP) is 2.68. The number of fused-ring (bicyclic) bond motifs is 1. The van der Waals surface area contributed by atoms with E-state index in [1.54, 1.807) is 17.0 Å². The van der Waals surface area contributed by atoms with Crippen molar-refractivity contribution in [3.63, 3.8) is 0 Å². The van der Waals surface area contributed by atoms with Gasteiger partial charge in [0.05, 0.1) is 14.7 Å². The summed E-state index contributed by atoms with van der Waals surface area (Å²) >= 11 is 0.837. The molecule has 0 bridgehead atoms. The topological polar surface area (TPSA) is 101 Å². The van der Waals surface area contributed by atoms with Crippen molar-refractivity contribution < 1.29 is 18.1 Å². The number of hydrogen-bond acceptors (Lipinski definition) is 6. The number of piperazine rings is 1. The number of amides is 1. The molecule has 1 aromatic carbocycles. The molecule has 0 atom stereocenters. The third-order valence-electron chi connectivity index (χ3n) is 5.47. The van der Waals surface area contributed by atoms with Gasteiger partial charge in [0.25, 0.3) is 5.91 Å². The molecule has 0 spiro atoms. The molecular weight excluding hydrogens is 414 g/mol. The number of nitro groups is 1. The number of nitrogens with zero attached hydrogens (tertiary/aromatic N) is 3. The monoisotopic (exact) mass is 435 g/mol. The summed E-state index contributed by atoms with van der Waals surface area (Å²) in [5.74, 6) is -0.297. The van der Waals surface area contributed by atoms with Gasteiger partial charge < -0.3 is 4.90 Å². The smallest absolute Gasteiger partial charge is 0.324 e. The number of carbonyl (C=O) groups excluding carboxylic acids is 1. The molecule has 2 aliphatic rings. The van der Waals surface area contributed by atoms with Gasteiger partial charge in [-0.2, -0.15) is 4.31 Å². The molecule has 2 heterocycles. The summed E-state index contributed by atoms with van der Waals surface area (Å²) in [7, 11) is -3.61. The van der Waals surface area contributed by atoms with E-state index < -0.39 is 14.9 Å². The van der Waals surface area contributed by atoms with Gasteiger partial charge in [0.15, 0.2) is 0 Å². The van der Waals surface area contributed by atoms with E-state index in [-0.39, 0.29) is 37.1 Å². The number of thiophene rings is 1. The highest BCUT2D eigenvalue weighted by molar-refractivity contribution is 7.89. The van der Waals surface area contributed by atoms with E-state index in [4.69, 9.17) is 0 Å². The number of benzene rings is 1. The normalized spacial score (nSPS) is 17.7. The molecule has 0 saturated carbocycles. The van der Waals surface area contributed by atoms with Crippen LogP contribution in [0.25, 0.3) is 0 Å². The second-order valence-electron chi connectivity index (χ2n) is 7.23. The maximum atomic E-state index is 13.0. The van der Waals surface area contributed by atoms with Gasteiger partial charge in [0.2, 0.25) is 10.0 Å². The SMILES string of the molecule is O=C(c1ccc([N+](=O)[O-])s1)N1CCN(S(=O)(=O)c2ccc3c(c2)CCCC3)CC1. The largest absolute Gasteiger partial charge is 0.335 e. The summed E-state index contributed by atoms with van der Waals surface area (Å²) in [5.41, 5.74) is 2.35. The average molecular weight is 436 g/mol. The molecule has 0 radical (unpaired) electrons. The fraction of sp³-hybridized carbons (Fsp3) is 0.421. The molecule has 1 amide bonds. The number of sulfonamides is 1. The van der Waals surface area contributed by atoms with Crippen molar-refractivity contribution in [1.29, 1.82) is 0 Å². The molecule has 1 saturated heterocycles. The number of aryl methyl sites for hydroxylation is 2. The van der Waals surface area contributed by atoms with Gasteiger partial charge in [-0.15, -0.1) is 0 Å². The van der Waals surface area contributed by atoms with Crippen molar-refractivity contribution in [1.82, 2.24) is 9.21 Å². The molecule has 2 aromatic rings. The highest BCUT2D eigenvalue weighted by atomic mass is 32.2. The standard InChI is InChI=1S/C19H21N3O5S2/c23-19(17-7-8-18(28-17)22(24)25)20-9-11-21(12-10-20)29(26,27)16-6-5-14-3-1-2-4-15(14)13-16/h5-8,13H,1-4,9-12H2. The molecule has 1 aliphatic heterocycles. The lowest BCUT2D eigenvalue weighted by Gasteiger charge is -2.34. The Morgan fingerprint density at radius 1 is 1.00 bits per heavy atom. The van der Waals surface area contributed by atoms with E-state index in [0.29, 0.717) is 9.77 Å². The molecule has 4 rings (SSSR count). The number of carbonyl (C=O) groups is 1. The summed E-state index contributed by atoms with van der Waals surface area (Å²) in [4.78, 5) is 25.0. The van der Waals surface area contributed by atoms with Crippen molar-refractivity contribution in [2.75, 3.05) is 26.2 Å². The zero-order chi connectivity index (χ0) is 20.6. The van der Waals surface area contributed by atoms with Crippen LogP contribution in [0.5, 0.6) is 0 Å². The predicted molar refractivity (Wildman–Crippen MR) is 109 cm³/mol. The van der Waals surface area contributed by atoms with E-state index in [1.807, 2.05) is 6.07 Å². The van der Waals surface area contributed by atoms with Crippen molar-refractivity contribution in [2.45, 2.75) is 30.6 Å². The summed E-state index contributed by atoms with van der Waals surface area (Å²) in [6.07, 6.45) is 4.13. The molecule has 1 fully saturated rings. The van der Waals surface area contributed by atoms with Crippen molar-refractivity contribution >= 4 is 32.3 Å². The van der Waals surface area contributed by atoms with Crippen LogP contribution in [0, 0.1) is 10.1 Å². The van der Waals surface area contributed by atoms with E-state index in [2.05, 4.69) is 0 Å². The first kappa shape index (κ1) is 20.0. The minimum Gasteiger partial charge on any atom is -0.335 e. The van der Waals surface area contributed by atoms with Crippen molar-refractivity contribution in [2.24, 2.45) is 0 Å². The van der Waals surface area contributed by atoms with Crippen LogP contribution >= 0.6 is 11.3 Å². The first-order valence-electron chi connectivity index (χ1n) is 9.52. The van der Waals surface area contributed by atoms with Crippen molar-refractivity contribution in [3.8, 4) is 0 Å². The molecule has 0 N–H and O–H groups in total. The first-order chi connectivity index (χ1) is 13.9. The summed E-state index contributed by atoms with van der Waals surface area (Å²) in [5, 5.41) is 10.7. The average Bonchev–Trinajstić information content (AvgIpc) is 3.23. The Hall–Kier alpha value is -2.30. The van der Waals surface area contributed by atoms with Gasteiger partial charge >= 0.3 is 5.00 Å². The zero-order valence-electron chi connectivity index (χ0n) is 15.7. The van der Waals surface area contributed by atoms with Crippen LogP contribution in [0.2, 0.25) is 0 Å². The summed E-state index contributed by atoms with van der Waals surface area (Å²) in [6, 6.07) is 8.16. The molecule has 29 heavy (non-hydrogen) atoms. The van der Waals surface area contributed by atoms with Crippen LogP contribution in [0.15, 0.2) is 35.2 Å². The molecule has 10 heteroatoms. The van der Waals surface area contributed by atoms with Crippen LogP contribution in [-0.2, 0) is 22.9 Å². The Labute approximate surface area is 172 Å². The molecule has 1 aromatic heterocycles. The fourth-order valence-corrected chi connectivity index (χ4v) is 6.11. The van der Waals surface area contributed by atoms with Gasteiger partial charge in [0, 0.05) is 32.2 Å². The maximum absolute atomic E-state index is 13.0.